The van der Waals surface area contributed by atoms with Crippen molar-refractivity contribution in [2.75, 3.05) is 26.2 Å². The van der Waals surface area contributed by atoms with Crippen LogP contribution >= 0.6 is 0 Å². The molecular formula is C19H27N3O. The summed E-state index contributed by atoms with van der Waals surface area (Å²) in [5.41, 5.74) is 2.00. The van der Waals surface area contributed by atoms with Crippen molar-refractivity contribution in [1.82, 2.24) is 9.80 Å². The standard InChI is InChI=1S/C19H27N3O/c20-14-16-6-8-17(9-7-16)15-21-10-3-11-22(13-12-21)18-4-1-2-5-19(18)23/h6-9,18-19,23H,1-5,10-13,15H2. The quantitative estimate of drug-likeness (QED) is 0.931. The minimum atomic E-state index is -0.131. The van der Waals surface area contributed by atoms with Crippen LogP contribution in [0, 0.1) is 11.3 Å². The Morgan fingerprint density at radius 3 is 2.52 bits per heavy atom. The Kier molecular flexibility index (Phi) is 5.66. The zero-order chi connectivity index (χ0) is 16.1. The van der Waals surface area contributed by atoms with Gasteiger partial charge in [0, 0.05) is 25.7 Å². The highest BCUT2D eigenvalue weighted by molar-refractivity contribution is 5.31. The van der Waals surface area contributed by atoms with Gasteiger partial charge in [0.05, 0.1) is 17.7 Å². The maximum absolute atomic E-state index is 10.3. The minimum absolute atomic E-state index is 0.131. The number of aliphatic hydroxyl groups is 1. The van der Waals surface area contributed by atoms with Crippen molar-refractivity contribution in [2.24, 2.45) is 0 Å². The molecule has 4 heteroatoms. The van der Waals surface area contributed by atoms with Gasteiger partial charge in [0.2, 0.25) is 0 Å². The lowest BCUT2D eigenvalue weighted by molar-refractivity contribution is 0.0215. The molecule has 1 aromatic rings. The lowest BCUT2D eigenvalue weighted by Gasteiger charge is -2.37. The summed E-state index contributed by atoms with van der Waals surface area (Å²) < 4.78 is 0. The number of rotatable bonds is 3. The molecule has 1 saturated heterocycles. The number of hydrogen-bond donors (Lipinski definition) is 1. The van der Waals surface area contributed by atoms with Crippen LogP contribution in [0.25, 0.3) is 0 Å². The van der Waals surface area contributed by atoms with Crippen LogP contribution in [0.15, 0.2) is 24.3 Å². The Morgan fingerprint density at radius 2 is 1.78 bits per heavy atom. The van der Waals surface area contributed by atoms with Crippen LogP contribution in [0.5, 0.6) is 0 Å². The van der Waals surface area contributed by atoms with Gasteiger partial charge in [-0.25, -0.2) is 0 Å². The van der Waals surface area contributed by atoms with E-state index in [4.69, 9.17) is 5.26 Å². The molecule has 1 N–H and O–H groups in total. The van der Waals surface area contributed by atoms with Gasteiger partial charge in [-0.1, -0.05) is 25.0 Å². The van der Waals surface area contributed by atoms with Gasteiger partial charge in [-0.3, -0.25) is 9.80 Å². The maximum atomic E-state index is 10.3. The summed E-state index contributed by atoms with van der Waals surface area (Å²) in [7, 11) is 0. The molecule has 2 atom stereocenters. The third-order valence-electron chi connectivity index (χ3n) is 5.28. The summed E-state index contributed by atoms with van der Waals surface area (Å²) in [6.45, 7) is 5.28. The van der Waals surface area contributed by atoms with Gasteiger partial charge in [-0.05, 0) is 50.0 Å². The van der Waals surface area contributed by atoms with Gasteiger partial charge in [0.25, 0.3) is 0 Å². The lowest BCUT2D eigenvalue weighted by Crippen LogP contribution is -2.46. The molecule has 23 heavy (non-hydrogen) atoms. The monoisotopic (exact) mass is 313 g/mol. The Labute approximate surface area is 139 Å². The SMILES string of the molecule is N#Cc1ccc(CN2CCCN(C3CCCCC3O)CC2)cc1. The fourth-order valence-electron chi connectivity index (χ4n) is 3.94. The second kappa shape index (κ2) is 7.92. The summed E-state index contributed by atoms with van der Waals surface area (Å²) >= 11 is 0. The first-order chi connectivity index (χ1) is 11.3. The molecule has 4 nitrogen and oxygen atoms in total. The summed E-state index contributed by atoms with van der Waals surface area (Å²) in [6, 6.07) is 10.5. The smallest absolute Gasteiger partial charge is 0.0991 e. The second-order valence-electron chi connectivity index (χ2n) is 6.89. The van der Waals surface area contributed by atoms with E-state index in [1.54, 1.807) is 0 Å². The normalized spacial score (nSPS) is 27.3. The summed E-state index contributed by atoms with van der Waals surface area (Å²) in [5, 5.41) is 19.2. The van der Waals surface area contributed by atoms with Gasteiger partial charge in [0.15, 0.2) is 0 Å². The van der Waals surface area contributed by atoms with Crippen molar-refractivity contribution in [3.05, 3.63) is 35.4 Å². The lowest BCUT2D eigenvalue weighted by atomic mass is 9.91. The highest BCUT2D eigenvalue weighted by Gasteiger charge is 2.29. The highest BCUT2D eigenvalue weighted by atomic mass is 16.3. The number of nitriles is 1. The van der Waals surface area contributed by atoms with Gasteiger partial charge in [-0.2, -0.15) is 5.26 Å². The average Bonchev–Trinajstić information content (AvgIpc) is 2.82. The van der Waals surface area contributed by atoms with Gasteiger partial charge >= 0.3 is 0 Å². The third kappa shape index (κ3) is 4.32. The minimum Gasteiger partial charge on any atom is -0.391 e. The Bertz CT molecular complexity index is 537. The number of hydrogen-bond acceptors (Lipinski definition) is 4. The highest BCUT2D eigenvalue weighted by Crippen LogP contribution is 2.24. The summed E-state index contributed by atoms with van der Waals surface area (Å²) in [4.78, 5) is 5.01. The zero-order valence-corrected chi connectivity index (χ0v) is 13.8. The fourth-order valence-corrected chi connectivity index (χ4v) is 3.94. The van der Waals surface area contributed by atoms with Crippen LogP contribution in [0.2, 0.25) is 0 Å². The van der Waals surface area contributed by atoms with Crippen LogP contribution in [0.1, 0.15) is 43.2 Å². The number of aliphatic hydroxyl groups excluding tert-OH is 1. The average molecular weight is 313 g/mol. The molecule has 0 spiro atoms. The van der Waals surface area contributed by atoms with Crippen molar-refractivity contribution in [3.8, 4) is 6.07 Å². The van der Waals surface area contributed by atoms with Gasteiger partial charge in [-0.15, -0.1) is 0 Å². The van der Waals surface area contributed by atoms with E-state index in [2.05, 4.69) is 28.0 Å². The molecule has 0 bridgehead atoms. The number of benzene rings is 1. The molecule has 2 fully saturated rings. The van der Waals surface area contributed by atoms with Gasteiger partial charge in [0.1, 0.15) is 0 Å². The second-order valence-corrected chi connectivity index (χ2v) is 6.89. The molecule has 1 saturated carbocycles. The maximum Gasteiger partial charge on any atom is 0.0991 e. The van der Waals surface area contributed by atoms with E-state index >= 15 is 0 Å². The molecule has 3 rings (SSSR count). The van der Waals surface area contributed by atoms with Crippen LogP contribution in [0.3, 0.4) is 0 Å². The van der Waals surface area contributed by atoms with Crippen LogP contribution in [-0.4, -0.2) is 53.2 Å². The number of nitrogens with zero attached hydrogens (tertiary/aromatic N) is 3. The van der Waals surface area contributed by atoms with Gasteiger partial charge < -0.3 is 5.11 Å². The molecule has 2 aliphatic rings. The molecule has 1 aliphatic carbocycles. The molecular weight excluding hydrogens is 286 g/mol. The Hall–Kier alpha value is -1.41. The molecule has 0 amide bonds. The zero-order valence-electron chi connectivity index (χ0n) is 13.8. The van der Waals surface area contributed by atoms with Crippen molar-refractivity contribution < 1.29 is 5.11 Å². The van der Waals surface area contributed by atoms with E-state index < -0.39 is 0 Å². The van der Waals surface area contributed by atoms with Crippen molar-refractivity contribution in [2.45, 2.75) is 50.8 Å². The molecule has 1 aromatic carbocycles. The van der Waals surface area contributed by atoms with Crippen LogP contribution in [0.4, 0.5) is 0 Å². The first-order valence-electron chi connectivity index (χ1n) is 8.90. The third-order valence-corrected chi connectivity index (χ3v) is 5.28. The predicted molar refractivity (Wildman–Crippen MR) is 90.9 cm³/mol. The van der Waals surface area contributed by atoms with E-state index in [0.29, 0.717) is 6.04 Å². The molecule has 1 heterocycles. The van der Waals surface area contributed by atoms with Crippen LogP contribution in [-0.2, 0) is 6.54 Å². The first kappa shape index (κ1) is 16.4. The summed E-state index contributed by atoms with van der Waals surface area (Å²) in [6.07, 6.45) is 5.59. The predicted octanol–water partition coefficient (Wildman–Crippen LogP) is 2.37. The van der Waals surface area contributed by atoms with Crippen molar-refractivity contribution in [1.29, 1.82) is 5.26 Å². The van der Waals surface area contributed by atoms with Crippen molar-refractivity contribution in [3.63, 3.8) is 0 Å². The Balaban J connectivity index is 1.54. The molecule has 124 valence electrons. The first-order valence-corrected chi connectivity index (χ1v) is 8.90. The summed E-state index contributed by atoms with van der Waals surface area (Å²) in [5.74, 6) is 0. The fraction of sp³-hybridized carbons (Fsp3) is 0.632. The van der Waals surface area contributed by atoms with Crippen LogP contribution < -0.4 is 0 Å². The topological polar surface area (TPSA) is 50.5 Å². The van der Waals surface area contributed by atoms with E-state index in [9.17, 15) is 5.11 Å². The largest absolute Gasteiger partial charge is 0.391 e. The Morgan fingerprint density at radius 1 is 1.00 bits per heavy atom. The van der Waals surface area contributed by atoms with E-state index in [-0.39, 0.29) is 6.10 Å². The van der Waals surface area contributed by atoms with Crippen molar-refractivity contribution >= 4 is 0 Å². The molecule has 0 aromatic heterocycles. The molecule has 0 radical (unpaired) electrons. The molecule has 1 aliphatic heterocycles. The van der Waals surface area contributed by atoms with E-state index in [1.165, 1.54) is 24.8 Å². The van der Waals surface area contributed by atoms with E-state index in [1.807, 2.05) is 12.1 Å². The van der Waals surface area contributed by atoms with E-state index in [0.717, 1.165) is 51.1 Å². The molecule has 2 unspecified atom stereocenters.